The van der Waals surface area contributed by atoms with E-state index < -0.39 is 15.6 Å². The van der Waals surface area contributed by atoms with Gasteiger partial charge in [-0.05, 0) is 42.5 Å². The Morgan fingerprint density at radius 2 is 1.71 bits per heavy atom. The lowest BCUT2D eigenvalue weighted by atomic mass is 9.97. The molecule has 126 valence electrons. The molecule has 0 amide bonds. The van der Waals surface area contributed by atoms with Crippen LogP contribution in [-0.2, 0) is 22.0 Å². The van der Waals surface area contributed by atoms with Crippen LogP contribution in [0.3, 0.4) is 0 Å². The van der Waals surface area contributed by atoms with Gasteiger partial charge < -0.3 is 5.11 Å². The van der Waals surface area contributed by atoms with Gasteiger partial charge in [0.1, 0.15) is 5.60 Å². The highest BCUT2D eigenvalue weighted by molar-refractivity contribution is 7.93. The van der Waals surface area contributed by atoms with Crippen LogP contribution in [0.15, 0.2) is 59.5 Å². The summed E-state index contributed by atoms with van der Waals surface area (Å²) in [5.41, 5.74) is 1.52. The van der Waals surface area contributed by atoms with Gasteiger partial charge in [0.25, 0.3) is 0 Å². The van der Waals surface area contributed by atoms with E-state index in [9.17, 15) is 13.5 Å². The van der Waals surface area contributed by atoms with Crippen LogP contribution in [0.1, 0.15) is 30.0 Å². The van der Waals surface area contributed by atoms with E-state index in [2.05, 4.69) is 4.72 Å². The Balaban J connectivity index is 1.77. The topological polar surface area (TPSA) is 66.4 Å². The smallest absolute Gasteiger partial charge is 0.236 e. The van der Waals surface area contributed by atoms with Gasteiger partial charge in [-0.15, -0.1) is 0 Å². The zero-order valence-electron chi connectivity index (χ0n) is 13.6. The molecular weight excluding hydrogens is 322 g/mol. The van der Waals surface area contributed by atoms with Gasteiger partial charge in [-0.25, -0.2) is 13.1 Å². The van der Waals surface area contributed by atoms with Crippen molar-refractivity contribution in [3.05, 3.63) is 76.2 Å². The van der Waals surface area contributed by atoms with E-state index in [1.165, 1.54) is 0 Å². The molecule has 2 N–H and O–H groups in total. The number of allylic oxidation sites excluding steroid dienone is 1. The Morgan fingerprint density at radius 3 is 2.46 bits per heavy atom. The number of aliphatic hydroxyl groups is 1. The summed E-state index contributed by atoms with van der Waals surface area (Å²) in [6.07, 6.45) is 2.90. The molecule has 1 aliphatic carbocycles. The van der Waals surface area contributed by atoms with Crippen molar-refractivity contribution in [2.24, 2.45) is 0 Å². The molecule has 0 saturated heterocycles. The first-order valence-electron chi connectivity index (χ1n) is 7.94. The molecular formula is C19H21NO3S. The van der Waals surface area contributed by atoms with E-state index in [0.717, 1.165) is 11.1 Å². The molecule has 0 aliphatic heterocycles. The average Bonchev–Trinajstić information content (AvgIpc) is 2.60. The minimum atomic E-state index is -3.62. The first-order chi connectivity index (χ1) is 11.4. The number of hydrogen-bond acceptors (Lipinski definition) is 3. The van der Waals surface area contributed by atoms with Crippen LogP contribution in [0.25, 0.3) is 6.08 Å². The number of aryl methyl sites for hydroxylation is 1. The van der Waals surface area contributed by atoms with Crippen molar-refractivity contribution >= 4 is 16.1 Å². The molecule has 2 aromatic carbocycles. The summed E-state index contributed by atoms with van der Waals surface area (Å²) < 4.78 is 27.7. The van der Waals surface area contributed by atoms with E-state index >= 15 is 0 Å². The average molecular weight is 343 g/mol. The third-order valence-electron chi connectivity index (χ3n) is 4.36. The van der Waals surface area contributed by atoms with Gasteiger partial charge >= 0.3 is 0 Å². The van der Waals surface area contributed by atoms with E-state index in [-0.39, 0.29) is 6.54 Å². The standard InChI is InChI=1S/C19H21NO3S/c1-19(21,17-9-3-2-4-10-17)14-20-24(22,23)18-12-11-15-7-5-6-8-16(15)13-18/h2-10,13,20-21H,11-12,14H2,1H3. The van der Waals surface area contributed by atoms with Crippen LogP contribution in [0, 0.1) is 0 Å². The van der Waals surface area contributed by atoms with Gasteiger partial charge in [0.05, 0.1) is 4.91 Å². The summed E-state index contributed by atoms with van der Waals surface area (Å²) in [5, 5.41) is 10.6. The van der Waals surface area contributed by atoms with Gasteiger partial charge in [0, 0.05) is 6.54 Å². The van der Waals surface area contributed by atoms with Gasteiger partial charge in [-0.3, -0.25) is 0 Å². The fourth-order valence-corrected chi connectivity index (χ4v) is 4.15. The molecule has 3 rings (SSSR count). The van der Waals surface area contributed by atoms with Crippen molar-refractivity contribution in [3.8, 4) is 0 Å². The summed E-state index contributed by atoms with van der Waals surface area (Å²) in [7, 11) is -3.62. The van der Waals surface area contributed by atoms with Gasteiger partial charge in [-0.1, -0.05) is 54.6 Å². The summed E-state index contributed by atoms with van der Waals surface area (Å²) in [4.78, 5) is 0.366. The normalized spacial score (nSPS) is 16.8. The third kappa shape index (κ3) is 3.59. The van der Waals surface area contributed by atoms with Crippen LogP contribution in [-0.4, -0.2) is 20.1 Å². The molecule has 0 heterocycles. The van der Waals surface area contributed by atoms with Gasteiger partial charge in [0.2, 0.25) is 10.0 Å². The molecule has 0 bridgehead atoms. The number of rotatable bonds is 5. The number of sulfonamides is 1. The van der Waals surface area contributed by atoms with Crippen molar-refractivity contribution in [2.75, 3.05) is 6.54 Å². The van der Waals surface area contributed by atoms with Crippen LogP contribution in [0.4, 0.5) is 0 Å². The van der Waals surface area contributed by atoms with Gasteiger partial charge in [-0.2, -0.15) is 0 Å². The molecule has 0 spiro atoms. The number of nitrogens with one attached hydrogen (secondary N) is 1. The lowest BCUT2D eigenvalue weighted by molar-refractivity contribution is 0.0628. The Morgan fingerprint density at radius 1 is 1.04 bits per heavy atom. The molecule has 1 atom stereocenters. The molecule has 4 nitrogen and oxygen atoms in total. The molecule has 0 radical (unpaired) electrons. The monoisotopic (exact) mass is 343 g/mol. The molecule has 1 aliphatic rings. The number of hydrogen-bond donors (Lipinski definition) is 2. The number of fused-ring (bicyclic) bond motifs is 1. The first-order valence-corrected chi connectivity index (χ1v) is 9.43. The van der Waals surface area contributed by atoms with E-state index in [4.69, 9.17) is 0 Å². The zero-order valence-corrected chi connectivity index (χ0v) is 14.4. The molecule has 0 fully saturated rings. The molecule has 0 aromatic heterocycles. The van der Waals surface area contributed by atoms with Crippen molar-refractivity contribution in [3.63, 3.8) is 0 Å². The van der Waals surface area contributed by atoms with Crippen molar-refractivity contribution < 1.29 is 13.5 Å². The second kappa shape index (κ2) is 6.51. The van der Waals surface area contributed by atoms with Crippen LogP contribution in [0.5, 0.6) is 0 Å². The largest absolute Gasteiger partial charge is 0.384 e. The minimum Gasteiger partial charge on any atom is -0.384 e. The highest BCUT2D eigenvalue weighted by Gasteiger charge is 2.28. The Kier molecular flexibility index (Phi) is 4.58. The maximum atomic E-state index is 12.6. The fourth-order valence-electron chi connectivity index (χ4n) is 2.85. The quantitative estimate of drug-likeness (QED) is 0.877. The van der Waals surface area contributed by atoms with Crippen LogP contribution >= 0.6 is 0 Å². The molecule has 1 unspecified atom stereocenters. The summed E-state index contributed by atoms with van der Waals surface area (Å²) >= 11 is 0. The second-order valence-corrected chi connectivity index (χ2v) is 8.09. The van der Waals surface area contributed by atoms with Crippen LogP contribution < -0.4 is 4.72 Å². The molecule has 24 heavy (non-hydrogen) atoms. The maximum absolute atomic E-state index is 12.6. The molecule has 2 aromatic rings. The van der Waals surface area contributed by atoms with Crippen molar-refractivity contribution in [2.45, 2.75) is 25.4 Å². The van der Waals surface area contributed by atoms with Gasteiger partial charge in [0.15, 0.2) is 0 Å². The third-order valence-corrected chi connectivity index (χ3v) is 5.90. The number of benzene rings is 2. The fraction of sp³-hybridized carbons (Fsp3) is 0.263. The lowest BCUT2D eigenvalue weighted by Gasteiger charge is -2.25. The molecule has 5 heteroatoms. The van der Waals surface area contributed by atoms with E-state index in [1.54, 1.807) is 25.1 Å². The second-order valence-electron chi connectivity index (χ2n) is 6.27. The zero-order chi connectivity index (χ0) is 17.2. The molecule has 0 saturated carbocycles. The Labute approximate surface area is 142 Å². The Hall–Kier alpha value is -1.95. The van der Waals surface area contributed by atoms with Crippen LogP contribution in [0.2, 0.25) is 0 Å². The predicted octanol–water partition coefficient (Wildman–Crippen LogP) is 2.80. The SMILES string of the molecule is CC(O)(CNS(=O)(=O)C1=Cc2ccccc2CC1)c1ccccc1. The van der Waals surface area contributed by atoms with Crippen molar-refractivity contribution in [1.82, 2.24) is 4.72 Å². The summed E-state index contributed by atoms with van der Waals surface area (Å²) in [6.45, 7) is 1.54. The Bertz CT molecular complexity index is 855. The highest BCUT2D eigenvalue weighted by atomic mass is 32.2. The summed E-state index contributed by atoms with van der Waals surface area (Å²) in [6, 6.07) is 16.9. The summed E-state index contributed by atoms with van der Waals surface area (Å²) in [5.74, 6) is 0. The maximum Gasteiger partial charge on any atom is 0.236 e. The highest BCUT2D eigenvalue weighted by Crippen LogP contribution is 2.27. The minimum absolute atomic E-state index is 0.0711. The lowest BCUT2D eigenvalue weighted by Crippen LogP contribution is -2.39. The van der Waals surface area contributed by atoms with E-state index in [1.807, 2.05) is 42.5 Å². The first kappa shape index (κ1) is 16.9. The van der Waals surface area contributed by atoms with E-state index in [0.29, 0.717) is 23.3 Å². The predicted molar refractivity (Wildman–Crippen MR) is 95.7 cm³/mol. The van der Waals surface area contributed by atoms with Crippen molar-refractivity contribution in [1.29, 1.82) is 0 Å².